The van der Waals surface area contributed by atoms with Gasteiger partial charge in [0, 0.05) is 16.8 Å². The van der Waals surface area contributed by atoms with Crippen molar-refractivity contribution < 1.29 is 22.6 Å². The van der Waals surface area contributed by atoms with Crippen molar-refractivity contribution in [3.63, 3.8) is 0 Å². The van der Waals surface area contributed by atoms with Crippen molar-refractivity contribution in [3.05, 3.63) is 58.6 Å². The molecule has 0 aliphatic rings. The molecule has 0 spiro atoms. The lowest BCUT2D eigenvalue weighted by atomic mass is 10.1. The van der Waals surface area contributed by atoms with Gasteiger partial charge in [0.1, 0.15) is 16.3 Å². The van der Waals surface area contributed by atoms with Gasteiger partial charge in [-0.05, 0) is 12.1 Å². The number of methoxy groups -OCH3 is 1. The third kappa shape index (κ3) is 3.61. The molecule has 3 N–H and O–H groups in total. The average Bonchev–Trinajstić information content (AvgIpc) is 2.66. The molecule has 0 heterocycles. The Kier molecular flexibility index (Phi) is 4.94. The Bertz CT molecular complexity index is 1220. The number of hydrogen-bond donors (Lipinski definition) is 2. The van der Waals surface area contributed by atoms with E-state index in [1.165, 1.54) is 31.4 Å². The second-order valence-electron chi connectivity index (χ2n) is 5.64. The Labute approximate surface area is 159 Å². The fraction of sp³-hybridized carbons (Fsp3) is 0.0588. The van der Waals surface area contributed by atoms with Crippen LogP contribution in [0.15, 0.2) is 63.7 Å². The van der Waals surface area contributed by atoms with Crippen LogP contribution in [0, 0.1) is 10.1 Å². The maximum absolute atomic E-state index is 11.7. The minimum Gasteiger partial charge on any atom is -0.494 e. The molecule has 0 saturated carbocycles. The van der Waals surface area contributed by atoms with Gasteiger partial charge in [0.25, 0.3) is 15.8 Å². The van der Waals surface area contributed by atoms with Gasteiger partial charge in [-0.2, -0.15) is 8.42 Å². The zero-order valence-electron chi connectivity index (χ0n) is 14.4. The second kappa shape index (κ2) is 7.21. The first-order chi connectivity index (χ1) is 13.2. The number of nitrogens with zero attached hydrogens (tertiary/aromatic N) is 3. The molecule has 0 aliphatic heterocycles. The number of nitro benzene ring substituents is 1. The zero-order chi connectivity index (χ0) is 20.5. The normalized spacial score (nSPS) is 11.8. The number of ether oxygens (including phenoxy) is 1. The van der Waals surface area contributed by atoms with Gasteiger partial charge >= 0.3 is 0 Å². The fourth-order valence-corrected chi connectivity index (χ4v) is 3.33. The van der Waals surface area contributed by atoms with E-state index in [0.29, 0.717) is 5.39 Å². The van der Waals surface area contributed by atoms with Gasteiger partial charge in [-0.1, -0.05) is 24.3 Å². The highest BCUT2D eigenvalue weighted by Crippen LogP contribution is 2.38. The standard InChI is InChI=1S/C17H14N4O6S/c1-27-15-8-10(21(22)23)6-7-13(15)19-20-14-9-16(28(24,25)26)11-4-2-3-5-12(11)17(14)18/h2-9H,18H2,1H3,(H,24,25,26)/b20-19+. The minimum atomic E-state index is -4.54. The molecule has 28 heavy (non-hydrogen) atoms. The summed E-state index contributed by atoms with van der Waals surface area (Å²) in [6, 6.07) is 11.2. The molecule has 11 heteroatoms. The first kappa shape index (κ1) is 19.2. The summed E-state index contributed by atoms with van der Waals surface area (Å²) in [5.41, 5.74) is 6.23. The molecule has 0 atom stereocenters. The van der Waals surface area contributed by atoms with Crippen molar-refractivity contribution in [3.8, 4) is 5.75 Å². The first-order valence-electron chi connectivity index (χ1n) is 7.75. The summed E-state index contributed by atoms with van der Waals surface area (Å²) in [6.07, 6.45) is 0. The third-order valence-corrected chi connectivity index (χ3v) is 4.84. The lowest BCUT2D eigenvalue weighted by molar-refractivity contribution is -0.384. The number of rotatable bonds is 5. The molecule has 0 unspecified atom stereocenters. The van der Waals surface area contributed by atoms with Crippen LogP contribution in [0.1, 0.15) is 0 Å². The molecule has 0 amide bonds. The number of non-ortho nitro benzene ring substituents is 1. The first-order valence-corrected chi connectivity index (χ1v) is 9.19. The molecule has 10 nitrogen and oxygen atoms in total. The van der Waals surface area contributed by atoms with Crippen LogP contribution >= 0.6 is 0 Å². The van der Waals surface area contributed by atoms with Gasteiger partial charge in [-0.15, -0.1) is 10.2 Å². The number of fused-ring (bicyclic) bond motifs is 1. The Hall–Kier alpha value is -3.57. The van der Waals surface area contributed by atoms with E-state index >= 15 is 0 Å². The molecule has 0 bridgehead atoms. The monoisotopic (exact) mass is 402 g/mol. The van der Waals surface area contributed by atoms with Gasteiger partial charge in [-0.25, -0.2) is 0 Å². The van der Waals surface area contributed by atoms with Crippen molar-refractivity contribution in [1.29, 1.82) is 0 Å². The van der Waals surface area contributed by atoms with E-state index < -0.39 is 15.0 Å². The van der Waals surface area contributed by atoms with Crippen molar-refractivity contribution in [1.82, 2.24) is 0 Å². The second-order valence-corrected chi connectivity index (χ2v) is 7.03. The molecule has 0 saturated heterocycles. The topological polar surface area (TPSA) is 157 Å². The van der Waals surface area contributed by atoms with Crippen molar-refractivity contribution in [2.75, 3.05) is 12.8 Å². The predicted molar refractivity (Wildman–Crippen MR) is 102 cm³/mol. The van der Waals surface area contributed by atoms with Crippen molar-refractivity contribution >= 4 is 43.6 Å². The maximum atomic E-state index is 11.7. The van der Waals surface area contributed by atoms with Gasteiger partial charge in [0.2, 0.25) is 0 Å². The molecule has 3 rings (SSSR count). The lowest BCUT2D eigenvalue weighted by Crippen LogP contribution is -2.01. The summed E-state index contributed by atoms with van der Waals surface area (Å²) in [5.74, 6) is 0.104. The van der Waals surface area contributed by atoms with E-state index in [2.05, 4.69) is 10.2 Å². The van der Waals surface area contributed by atoms with Crippen LogP contribution in [0.4, 0.5) is 22.7 Å². The molecular formula is C17H14N4O6S. The zero-order valence-corrected chi connectivity index (χ0v) is 15.3. The highest BCUT2D eigenvalue weighted by atomic mass is 32.2. The number of azo groups is 1. The van der Waals surface area contributed by atoms with Gasteiger partial charge in [0.15, 0.2) is 5.75 Å². The van der Waals surface area contributed by atoms with Crippen LogP contribution < -0.4 is 10.5 Å². The van der Waals surface area contributed by atoms with Crippen molar-refractivity contribution in [2.24, 2.45) is 10.2 Å². The highest BCUT2D eigenvalue weighted by molar-refractivity contribution is 7.86. The number of nitrogen functional groups attached to an aromatic ring is 1. The van der Waals surface area contributed by atoms with E-state index in [1.807, 2.05) is 0 Å². The summed E-state index contributed by atoms with van der Waals surface area (Å²) < 4.78 is 38.1. The summed E-state index contributed by atoms with van der Waals surface area (Å²) in [7, 11) is -3.22. The van der Waals surface area contributed by atoms with E-state index in [-0.39, 0.29) is 38.8 Å². The van der Waals surface area contributed by atoms with E-state index in [1.54, 1.807) is 18.2 Å². The van der Waals surface area contributed by atoms with Gasteiger partial charge in [-0.3, -0.25) is 14.7 Å². The number of anilines is 1. The van der Waals surface area contributed by atoms with E-state index in [9.17, 15) is 23.1 Å². The van der Waals surface area contributed by atoms with Gasteiger partial charge in [0.05, 0.1) is 23.8 Å². The highest BCUT2D eigenvalue weighted by Gasteiger charge is 2.18. The molecular weight excluding hydrogens is 388 g/mol. The number of hydrogen-bond acceptors (Lipinski definition) is 8. The molecule has 0 aromatic heterocycles. The van der Waals surface area contributed by atoms with Crippen LogP contribution in [0.5, 0.6) is 5.75 Å². The Morgan fingerprint density at radius 2 is 1.71 bits per heavy atom. The number of nitro groups is 1. The quantitative estimate of drug-likeness (QED) is 0.214. The van der Waals surface area contributed by atoms with E-state index in [4.69, 9.17) is 10.5 Å². The summed E-state index contributed by atoms with van der Waals surface area (Å²) in [5, 5.41) is 19.4. The Morgan fingerprint density at radius 1 is 1.07 bits per heavy atom. The fourth-order valence-electron chi connectivity index (χ4n) is 2.62. The summed E-state index contributed by atoms with van der Waals surface area (Å²) in [4.78, 5) is 9.92. The molecule has 3 aromatic rings. The molecule has 144 valence electrons. The number of benzene rings is 3. The molecule has 0 fully saturated rings. The van der Waals surface area contributed by atoms with Crippen LogP contribution in [0.25, 0.3) is 10.8 Å². The predicted octanol–water partition coefficient (Wildman–Crippen LogP) is 4.00. The third-order valence-electron chi connectivity index (χ3n) is 3.94. The minimum absolute atomic E-state index is 0.00623. The van der Waals surface area contributed by atoms with Crippen LogP contribution in [-0.2, 0) is 10.1 Å². The van der Waals surface area contributed by atoms with Crippen molar-refractivity contribution in [2.45, 2.75) is 4.90 Å². The molecule has 0 radical (unpaired) electrons. The van der Waals surface area contributed by atoms with E-state index in [0.717, 1.165) is 6.07 Å². The Balaban J connectivity index is 2.15. The number of nitrogens with two attached hydrogens (primary N) is 1. The lowest BCUT2D eigenvalue weighted by Gasteiger charge is -2.09. The maximum Gasteiger partial charge on any atom is 0.295 e. The average molecular weight is 402 g/mol. The SMILES string of the molecule is COc1cc([N+](=O)[O-])ccc1/N=N/c1cc(S(=O)(=O)O)c2ccccc2c1N. The smallest absolute Gasteiger partial charge is 0.295 e. The largest absolute Gasteiger partial charge is 0.494 e. The summed E-state index contributed by atoms with van der Waals surface area (Å²) in [6.45, 7) is 0. The summed E-state index contributed by atoms with van der Waals surface area (Å²) >= 11 is 0. The van der Waals surface area contributed by atoms with Crippen LogP contribution in [-0.4, -0.2) is 25.0 Å². The van der Waals surface area contributed by atoms with Crippen LogP contribution in [0.2, 0.25) is 0 Å². The Morgan fingerprint density at radius 3 is 2.32 bits per heavy atom. The van der Waals surface area contributed by atoms with Gasteiger partial charge < -0.3 is 10.5 Å². The molecule has 3 aromatic carbocycles. The molecule has 0 aliphatic carbocycles. The van der Waals surface area contributed by atoms with Crippen LogP contribution in [0.3, 0.4) is 0 Å².